The van der Waals surface area contributed by atoms with Crippen LogP contribution in [0.15, 0.2) is 61.2 Å². The minimum Gasteiger partial charge on any atom is -0.508 e. The van der Waals surface area contributed by atoms with Crippen LogP contribution in [0.2, 0.25) is 0 Å². The van der Waals surface area contributed by atoms with Crippen molar-refractivity contribution in [1.82, 2.24) is 15.0 Å². The molecule has 1 aromatic carbocycles. The highest BCUT2D eigenvalue weighted by atomic mass is 16.3. The number of phenols is 1. The normalized spacial score (nSPS) is 10.3. The van der Waals surface area contributed by atoms with Gasteiger partial charge in [0.15, 0.2) is 5.82 Å². The van der Waals surface area contributed by atoms with Crippen molar-refractivity contribution in [3.63, 3.8) is 0 Å². The summed E-state index contributed by atoms with van der Waals surface area (Å²) in [5.74, 6) is 0.538. The molecule has 2 N–H and O–H groups in total. The first kappa shape index (κ1) is 15.6. The molecule has 24 heavy (non-hydrogen) atoms. The maximum Gasteiger partial charge on any atom is 0.224 e. The van der Waals surface area contributed by atoms with Crippen molar-refractivity contribution in [1.29, 1.82) is 0 Å². The summed E-state index contributed by atoms with van der Waals surface area (Å²) in [5.41, 5.74) is 2.27. The third-order valence-corrected chi connectivity index (χ3v) is 3.40. The molecule has 3 aromatic rings. The quantitative estimate of drug-likeness (QED) is 0.754. The first-order valence-corrected chi connectivity index (χ1v) is 7.51. The van der Waals surface area contributed by atoms with E-state index < -0.39 is 0 Å². The number of hydrogen-bond donors (Lipinski definition) is 2. The molecule has 0 aliphatic carbocycles. The second kappa shape index (κ2) is 7.32. The second-order valence-corrected chi connectivity index (χ2v) is 5.26. The Morgan fingerprint density at radius 1 is 1.08 bits per heavy atom. The number of amides is 1. The van der Waals surface area contributed by atoms with Crippen LogP contribution in [-0.4, -0.2) is 26.0 Å². The zero-order valence-electron chi connectivity index (χ0n) is 12.9. The first-order valence-electron chi connectivity index (χ1n) is 7.51. The van der Waals surface area contributed by atoms with Gasteiger partial charge < -0.3 is 10.4 Å². The molecule has 0 aliphatic rings. The molecule has 0 unspecified atom stereocenters. The Morgan fingerprint density at radius 2 is 1.92 bits per heavy atom. The van der Waals surface area contributed by atoms with Gasteiger partial charge in [0.2, 0.25) is 5.91 Å². The lowest BCUT2D eigenvalue weighted by atomic mass is 10.1. The number of phenolic OH excluding ortho intramolecular Hbond substituents is 1. The van der Waals surface area contributed by atoms with Crippen molar-refractivity contribution in [2.75, 3.05) is 5.32 Å². The number of benzene rings is 1. The van der Waals surface area contributed by atoms with E-state index in [0.29, 0.717) is 29.9 Å². The predicted octanol–water partition coefficient (Wildman–Crippen LogP) is 2.82. The third kappa shape index (κ3) is 4.13. The van der Waals surface area contributed by atoms with Crippen molar-refractivity contribution in [2.45, 2.75) is 12.8 Å². The molecule has 6 heteroatoms. The molecule has 6 nitrogen and oxygen atoms in total. The molecule has 0 saturated heterocycles. The average molecular weight is 320 g/mol. The molecule has 120 valence electrons. The smallest absolute Gasteiger partial charge is 0.224 e. The topological polar surface area (TPSA) is 88.0 Å². The Labute approximate surface area is 139 Å². The van der Waals surface area contributed by atoms with E-state index in [4.69, 9.17) is 0 Å². The molecule has 0 spiro atoms. The number of nitrogens with zero attached hydrogens (tertiary/aromatic N) is 3. The average Bonchev–Trinajstić information content (AvgIpc) is 2.61. The highest BCUT2D eigenvalue weighted by molar-refractivity contribution is 5.90. The van der Waals surface area contributed by atoms with Crippen LogP contribution >= 0.6 is 0 Å². The molecule has 0 radical (unpaired) electrons. The molecule has 0 saturated carbocycles. The number of nitrogens with one attached hydrogen (secondary N) is 1. The van der Waals surface area contributed by atoms with Gasteiger partial charge in [0, 0.05) is 24.4 Å². The summed E-state index contributed by atoms with van der Waals surface area (Å²) in [6.07, 6.45) is 7.54. The summed E-state index contributed by atoms with van der Waals surface area (Å²) in [6.45, 7) is 0. The zero-order valence-corrected chi connectivity index (χ0v) is 12.9. The number of hydrogen-bond acceptors (Lipinski definition) is 5. The van der Waals surface area contributed by atoms with E-state index in [0.717, 1.165) is 5.56 Å². The Balaban J connectivity index is 1.58. The molecule has 2 aromatic heterocycles. The van der Waals surface area contributed by atoms with Gasteiger partial charge in [-0.05, 0) is 30.2 Å². The van der Waals surface area contributed by atoms with Gasteiger partial charge >= 0.3 is 0 Å². The van der Waals surface area contributed by atoms with Gasteiger partial charge in [-0.25, -0.2) is 9.97 Å². The van der Waals surface area contributed by atoms with E-state index in [-0.39, 0.29) is 11.7 Å². The van der Waals surface area contributed by atoms with E-state index in [2.05, 4.69) is 20.3 Å². The van der Waals surface area contributed by atoms with Crippen LogP contribution in [0.5, 0.6) is 5.75 Å². The van der Waals surface area contributed by atoms with Crippen LogP contribution in [0.25, 0.3) is 11.4 Å². The van der Waals surface area contributed by atoms with Crippen LogP contribution in [-0.2, 0) is 11.2 Å². The SMILES string of the molecule is O=C(CCc1cccnc1)Nc1cnc(-c2cccc(O)c2)nc1. The monoisotopic (exact) mass is 320 g/mol. The highest BCUT2D eigenvalue weighted by Crippen LogP contribution is 2.20. The van der Waals surface area contributed by atoms with E-state index in [1.165, 1.54) is 0 Å². The standard InChI is InChI=1S/C18H16N4O2/c23-16-5-1-4-14(9-16)18-20-11-15(12-21-18)22-17(24)7-6-13-3-2-8-19-10-13/h1-5,8-12,23H,6-7H2,(H,22,24). The predicted molar refractivity (Wildman–Crippen MR) is 90.3 cm³/mol. The Bertz CT molecular complexity index is 820. The molecule has 1 amide bonds. The zero-order chi connectivity index (χ0) is 16.8. The van der Waals surface area contributed by atoms with E-state index in [1.54, 1.807) is 49.1 Å². The lowest BCUT2D eigenvalue weighted by Crippen LogP contribution is -2.12. The van der Waals surface area contributed by atoms with Crippen LogP contribution in [0.3, 0.4) is 0 Å². The van der Waals surface area contributed by atoms with Crippen molar-refractivity contribution >= 4 is 11.6 Å². The van der Waals surface area contributed by atoms with Gasteiger partial charge in [-0.3, -0.25) is 9.78 Å². The van der Waals surface area contributed by atoms with Gasteiger partial charge in [-0.1, -0.05) is 18.2 Å². The molecule has 0 fully saturated rings. The summed E-state index contributed by atoms with van der Waals surface area (Å²) >= 11 is 0. The lowest BCUT2D eigenvalue weighted by molar-refractivity contribution is -0.116. The minimum absolute atomic E-state index is 0.104. The van der Waals surface area contributed by atoms with Gasteiger partial charge in [-0.15, -0.1) is 0 Å². The summed E-state index contributed by atoms with van der Waals surface area (Å²) in [4.78, 5) is 24.4. The van der Waals surface area contributed by atoms with Crippen LogP contribution < -0.4 is 5.32 Å². The van der Waals surface area contributed by atoms with E-state index in [9.17, 15) is 9.90 Å². The Kier molecular flexibility index (Phi) is 4.76. The van der Waals surface area contributed by atoms with Crippen molar-refractivity contribution in [3.8, 4) is 17.1 Å². The number of carbonyl (C=O) groups is 1. The number of aryl methyl sites for hydroxylation is 1. The number of aromatic nitrogens is 3. The third-order valence-electron chi connectivity index (χ3n) is 3.40. The highest BCUT2D eigenvalue weighted by Gasteiger charge is 2.06. The molecule has 0 atom stereocenters. The molecule has 3 rings (SSSR count). The van der Waals surface area contributed by atoms with Gasteiger partial charge in [-0.2, -0.15) is 0 Å². The molecule has 0 bridgehead atoms. The molecule has 0 aliphatic heterocycles. The summed E-state index contributed by atoms with van der Waals surface area (Å²) in [5, 5.41) is 12.3. The second-order valence-electron chi connectivity index (χ2n) is 5.26. The summed E-state index contributed by atoms with van der Waals surface area (Å²) in [6, 6.07) is 10.5. The van der Waals surface area contributed by atoms with Crippen molar-refractivity contribution in [2.24, 2.45) is 0 Å². The van der Waals surface area contributed by atoms with E-state index >= 15 is 0 Å². The van der Waals surface area contributed by atoms with E-state index in [1.807, 2.05) is 12.1 Å². The largest absolute Gasteiger partial charge is 0.508 e. The minimum atomic E-state index is -0.104. The number of aromatic hydroxyl groups is 1. The summed E-state index contributed by atoms with van der Waals surface area (Å²) < 4.78 is 0. The van der Waals surface area contributed by atoms with Crippen molar-refractivity contribution < 1.29 is 9.90 Å². The molecule has 2 heterocycles. The fourth-order valence-electron chi connectivity index (χ4n) is 2.21. The molecular weight excluding hydrogens is 304 g/mol. The lowest BCUT2D eigenvalue weighted by Gasteiger charge is -2.06. The Morgan fingerprint density at radius 3 is 2.62 bits per heavy atom. The van der Waals surface area contributed by atoms with Gasteiger partial charge in [0.25, 0.3) is 0 Å². The van der Waals surface area contributed by atoms with Crippen LogP contribution in [0.1, 0.15) is 12.0 Å². The van der Waals surface area contributed by atoms with Crippen LogP contribution in [0.4, 0.5) is 5.69 Å². The summed E-state index contributed by atoms with van der Waals surface area (Å²) in [7, 11) is 0. The van der Waals surface area contributed by atoms with Crippen molar-refractivity contribution in [3.05, 3.63) is 66.7 Å². The maximum atomic E-state index is 12.0. The maximum absolute atomic E-state index is 12.0. The number of anilines is 1. The van der Waals surface area contributed by atoms with Crippen LogP contribution in [0, 0.1) is 0 Å². The van der Waals surface area contributed by atoms with Gasteiger partial charge in [0.1, 0.15) is 5.75 Å². The first-order chi connectivity index (χ1) is 11.7. The number of pyridine rings is 1. The van der Waals surface area contributed by atoms with Gasteiger partial charge in [0.05, 0.1) is 18.1 Å². The fraction of sp³-hybridized carbons (Fsp3) is 0.111. The Hall–Kier alpha value is -3.28. The number of carbonyl (C=O) groups excluding carboxylic acids is 1. The number of rotatable bonds is 5. The fourth-order valence-corrected chi connectivity index (χ4v) is 2.21. The molecular formula is C18H16N4O2.